The monoisotopic (exact) mass is 192 g/mol. The van der Waals surface area contributed by atoms with Gasteiger partial charge in [-0.2, -0.15) is 5.48 Å². The van der Waals surface area contributed by atoms with Gasteiger partial charge < -0.3 is 21.8 Å². The first-order valence-electron chi connectivity index (χ1n) is 3.95. The van der Waals surface area contributed by atoms with Crippen molar-refractivity contribution in [2.45, 2.75) is 25.2 Å². The maximum atomic E-state index is 10.3. The summed E-state index contributed by atoms with van der Waals surface area (Å²) < 4.78 is 0. The van der Waals surface area contributed by atoms with Crippen LogP contribution in [-0.2, 0) is 4.79 Å². The lowest BCUT2D eigenvalue weighted by molar-refractivity contribution is -0.138. The summed E-state index contributed by atoms with van der Waals surface area (Å²) in [5.41, 5.74) is 12.3. The molecule has 0 aliphatic rings. The van der Waals surface area contributed by atoms with E-state index in [0.717, 1.165) is 0 Å². The Bertz CT molecular complexity index is 155. The average Bonchev–Trinajstić information content (AvgIpc) is 2.11. The molecule has 0 amide bonds. The third-order valence-electron chi connectivity index (χ3n) is 1.51. The fraction of sp³-hybridized carbons (Fsp3) is 0.833. The average molecular weight is 192 g/mol. The number of nitrogens with two attached hydrogens (primary N) is 2. The van der Waals surface area contributed by atoms with Crippen molar-refractivity contribution < 1.29 is 15.1 Å². The molecule has 0 aromatic carbocycles. The van der Waals surface area contributed by atoms with Crippen molar-refractivity contribution in [3.8, 4) is 0 Å². The van der Waals surface area contributed by atoms with Gasteiger partial charge in [-0.05, 0) is 19.4 Å². The van der Waals surface area contributed by atoms with E-state index in [2.05, 4.69) is 5.32 Å². The van der Waals surface area contributed by atoms with Gasteiger partial charge in [0.25, 0.3) is 0 Å². The fourth-order valence-electron chi connectivity index (χ4n) is 0.749. The summed E-state index contributed by atoms with van der Waals surface area (Å²) in [6.45, 7) is 0.496. The van der Waals surface area contributed by atoms with E-state index in [1.165, 1.54) is 0 Å². The minimum Gasteiger partial charge on any atom is -0.480 e. The Morgan fingerprint density at radius 2 is 2.08 bits per heavy atom. The molecule has 7 nitrogen and oxygen atoms in total. The van der Waals surface area contributed by atoms with Crippen LogP contribution in [-0.4, -0.2) is 35.2 Å². The summed E-state index contributed by atoms with van der Waals surface area (Å²) in [5.74, 6) is -1.01. The molecule has 0 saturated carbocycles. The molecule has 78 valence electrons. The standard InChI is InChI=1S/C6H16N4O3/c7-4(5(11)12)2-1-3-9-6(8)10-13/h4,6,9-10,13H,1-3,7-8H2,(H,11,12). The zero-order valence-corrected chi connectivity index (χ0v) is 7.23. The maximum absolute atomic E-state index is 10.3. The number of carbonyl (C=O) groups is 1. The second kappa shape index (κ2) is 6.75. The second-order valence-corrected chi connectivity index (χ2v) is 2.65. The second-order valence-electron chi connectivity index (χ2n) is 2.65. The minimum absolute atomic E-state index is 0.375. The first kappa shape index (κ1) is 12.3. The summed E-state index contributed by atoms with van der Waals surface area (Å²) >= 11 is 0. The van der Waals surface area contributed by atoms with Crippen LogP contribution in [0.3, 0.4) is 0 Å². The first-order chi connectivity index (χ1) is 6.07. The zero-order valence-electron chi connectivity index (χ0n) is 7.23. The zero-order chi connectivity index (χ0) is 10.3. The Labute approximate surface area is 76.0 Å². The smallest absolute Gasteiger partial charge is 0.320 e. The van der Waals surface area contributed by atoms with Crippen LogP contribution in [0.4, 0.5) is 0 Å². The molecule has 2 atom stereocenters. The van der Waals surface area contributed by atoms with Crippen molar-refractivity contribution in [3.05, 3.63) is 0 Å². The van der Waals surface area contributed by atoms with Gasteiger partial charge >= 0.3 is 5.97 Å². The van der Waals surface area contributed by atoms with E-state index in [1.807, 2.05) is 0 Å². The number of hydroxylamine groups is 1. The van der Waals surface area contributed by atoms with Gasteiger partial charge in [0.2, 0.25) is 0 Å². The Hall–Kier alpha value is -0.730. The first-order valence-corrected chi connectivity index (χ1v) is 3.95. The van der Waals surface area contributed by atoms with Crippen LogP contribution in [0.2, 0.25) is 0 Å². The molecular weight excluding hydrogens is 176 g/mol. The predicted molar refractivity (Wildman–Crippen MR) is 45.7 cm³/mol. The van der Waals surface area contributed by atoms with Gasteiger partial charge in [0, 0.05) is 0 Å². The molecule has 0 fully saturated rings. The highest BCUT2D eigenvalue weighted by Crippen LogP contribution is 1.92. The Balaban J connectivity index is 3.30. The SMILES string of the molecule is NC(NO)NCCCC(N)C(=O)O. The molecule has 7 heteroatoms. The van der Waals surface area contributed by atoms with Gasteiger partial charge in [-0.3, -0.25) is 10.1 Å². The van der Waals surface area contributed by atoms with Crippen LogP contribution >= 0.6 is 0 Å². The van der Waals surface area contributed by atoms with E-state index in [-0.39, 0.29) is 0 Å². The van der Waals surface area contributed by atoms with Crippen LogP contribution in [0.15, 0.2) is 0 Å². The fourth-order valence-corrected chi connectivity index (χ4v) is 0.749. The lowest BCUT2D eigenvalue weighted by atomic mass is 10.2. The van der Waals surface area contributed by atoms with Crippen LogP contribution < -0.4 is 22.3 Å². The molecule has 0 saturated heterocycles. The molecule has 8 N–H and O–H groups in total. The molecule has 13 heavy (non-hydrogen) atoms. The molecule has 0 aromatic rings. The summed E-state index contributed by atoms with van der Waals surface area (Å²) in [4.78, 5) is 10.3. The summed E-state index contributed by atoms with van der Waals surface area (Å²) in [6, 6.07) is -0.833. The van der Waals surface area contributed by atoms with Crippen LogP contribution in [0.1, 0.15) is 12.8 Å². The number of nitrogens with one attached hydrogen (secondary N) is 2. The van der Waals surface area contributed by atoms with E-state index in [9.17, 15) is 4.79 Å². The summed E-state index contributed by atoms with van der Waals surface area (Å²) in [5, 5.41) is 19.4. The Kier molecular flexibility index (Phi) is 6.37. The number of hydrogen-bond donors (Lipinski definition) is 6. The van der Waals surface area contributed by atoms with Crippen molar-refractivity contribution in [2.24, 2.45) is 11.5 Å². The molecule has 0 bridgehead atoms. The lowest BCUT2D eigenvalue weighted by Crippen LogP contribution is -2.48. The third-order valence-corrected chi connectivity index (χ3v) is 1.51. The van der Waals surface area contributed by atoms with E-state index >= 15 is 0 Å². The van der Waals surface area contributed by atoms with Crippen LogP contribution in [0.5, 0.6) is 0 Å². The van der Waals surface area contributed by atoms with Gasteiger partial charge in [-0.25, -0.2) is 0 Å². The van der Waals surface area contributed by atoms with Crippen molar-refractivity contribution in [1.29, 1.82) is 0 Å². The molecule has 0 radical (unpaired) electrons. The highest BCUT2D eigenvalue weighted by atomic mass is 16.5. The molecule has 0 heterocycles. The van der Waals surface area contributed by atoms with Crippen molar-refractivity contribution in [3.63, 3.8) is 0 Å². The summed E-state index contributed by atoms with van der Waals surface area (Å²) in [7, 11) is 0. The normalized spacial score (nSPS) is 15.3. The molecule has 0 aliphatic heterocycles. The number of aliphatic carboxylic acids is 1. The Morgan fingerprint density at radius 1 is 1.46 bits per heavy atom. The number of rotatable bonds is 7. The minimum atomic E-state index is -1.01. The third kappa shape index (κ3) is 6.43. The lowest BCUT2D eigenvalue weighted by Gasteiger charge is -2.11. The number of hydrogen-bond acceptors (Lipinski definition) is 6. The quantitative estimate of drug-likeness (QED) is 0.156. The topological polar surface area (TPSA) is 134 Å². The van der Waals surface area contributed by atoms with Gasteiger partial charge in [0.05, 0.1) is 0 Å². The van der Waals surface area contributed by atoms with Gasteiger partial charge in [0.1, 0.15) is 12.3 Å². The highest BCUT2D eigenvalue weighted by Gasteiger charge is 2.10. The number of carboxylic acid groups (broad SMARTS) is 1. The van der Waals surface area contributed by atoms with Gasteiger partial charge in [-0.15, -0.1) is 0 Å². The molecule has 0 aliphatic carbocycles. The largest absolute Gasteiger partial charge is 0.480 e. The molecule has 0 aromatic heterocycles. The van der Waals surface area contributed by atoms with E-state index in [4.69, 9.17) is 21.8 Å². The van der Waals surface area contributed by atoms with Crippen molar-refractivity contribution >= 4 is 5.97 Å². The number of carboxylic acids is 1. The van der Waals surface area contributed by atoms with E-state index in [1.54, 1.807) is 5.48 Å². The van der Waals surface area contributed by atoms with Crippen LogP contribution in [0.25, 0.3) is 0 Å². The highest BCUT2D eigenvalue weighted by molar-refractivity contribution is 5.72. The molecular formula is C6H16N4O3. The maximum Gasteiger partial charge on any atom is 0.320 e. The van der Waals surface area contributed by atoms with E-state index < -0.39 is 18.3 Å². The van der Waals surface area contributed by atoms with Crippen LogP contribution in [0, 0.1) is 0 Å². The molecule has 0 rings (SSSR count). The summed E-state index contributed by atoms with van der Waals surface area (Å²) in [6.07, 6.45) is 0.268. The predicted octanol–water partition coefficient (Wildman–Crippen LogP) is -2.01. The van der Waals surface area contributed by atoms with Crippen molar-refractivity contribution in [1.82, 2.24) is 10.8 Å². The molecule has 0 spiro atoms. The van der Waals surface area contributed by atoms with Gasteiger partial charge in [0.15, 0.2) is 0 Å². The Morgan fingerprint density at radius 3 is 2.54 bits per heavy atom. The molecule has 2 unspecified atom stereocenters. The van der Waals surface area contributed by atoms with Crippen molar-refractivity contribution in [2.75, 3.05) is 6.54 Å². The van der Waals surface area contributed by atoms with E-state index in [0.29, 0.717) is 19.4 Å². The van der Waals surface area contributed by atoms with Gasteiger partial charge in [-0.1, -0.05) is 0 Å².